The van der Waals surface area contributed by atoms with E-state index in [2.05, 4.69) is 15.5 Å². The first-order chi connectivity index (χ1) is 8.66. The van der Waals surface area contributed by atoms with E-state index in [1.807, 2.05) is 26.0 Å². The molecule has 0 spiro atoms. The Balaban J connectivity index is 2.05. The maximum Gasteiger partial charge on any atom is 0.272 e. The number of aryl methyl sites for hydroxylation is 1. The van der Waals surface area contributed by atoms with Crippen LogP contribution in [0.1, 0.15) is 27.0 Å². The van der Waals surface area contributed by atoms with E-state index >= 15 is 0 Å². The van der Waals surface area contributed by atoms with Crippen LogP contribution < -0.4 is 5.43 Å². The second-order valence-electron chi connectivity index (χ2n) is 3.79. The molecule has 18 heavy (non-hydrogen) atoms. The van der Waals surface area contributed by atoms with Crippen LogP contribution in [0.4, 0.5) is 0 Å². The molecule has 0 radical (unpaired) electrons. The smallest absolute Gasteiger partial charge is 0.267 e. The summed E-state index contributed by atoms with van der Waals surface area (Å²) in [5, 5.41) is 4.08. The van der Waals surface area contributed by atoms with Crippen LogP contribution in [0.2, 0.25) is 0 Å². The zero-order valence-corrected chi connectivity index (χ0v) is 11.0. The lowest BCUT2D eigenvalue weighted by atomic mass is 10.3. The molecule has 5 heteroatoms. The number of pyridine rings is 1. The summed E-state index contributed by atoms with van der Waals surface area (Å²) in [7, 11) is 0. The summed E-state index contributed by atoms with van der Waals surface area (Å²) >= 11 is 1.65. The number of hydrogen-bond donors (Lipinski definition) is 1. The first kappa shape index (κ1) is 12.4. The van der Waals surface area contributed by atoms with E-state index in [4.69, 9.17) is 0 Å². The lowest BCUT2D eigenvalue weighted by Crippen LogP contribution is -2.19. The molecule has 0 aliphatic heterocycles. The maximum atomic E-state index is 11.7. The third-order valence-electron chi connectivity index (χ3n) is 2.35. The number of hydrogen-bond acceptors (Lipinski definition) is 4. The topological polar surface area (TPSA) is 54.4 Å². The van der Waals surface area contributed by atoms with Crippen molar-refractivity contribution >= 4 is 23.0 Å². The first-order valence-corrected chi connectivity index (χ1v) is 6.30. The summed E-state index contributed by atoms with van der Waals surface area (Å²) in [6.45, 7) is 3.91. The molecule has 2 heterocycles. The van der Waals surface area contributed by atoms with Crippen molar-refractivity contribution in [1.82, 2.24) is 10.4 Å². The Bertz CT molecular complexity index is 575. The minimum atomic E-state index is -0.254. The van der Waals surface area contributed by atoms with Gasteiger partial charge in [0.25, 0.3) is 5.91 Å². The number of amides is 1. The number of aromatic nitrogens is 1. The van der Waals surface area contributed by atoms with E-state index in [0.717, 1.165) is 10.6 Å². The number of nitrogens with zero attached hydrogens (tertiary/aromatic N) is 2. The fraction of sp³-hybridized carbons (Fsp3) is 0.154. The molecule has 2 aromatic rings. The highest BCUT2D eigenvalue weighted by atomic mass is 32.1. The largest absolute Gasteiger partial charge is 0.272 e. The van der Waals surface area contributed by atoms with Gasteiger partial charge in [-0.25, -0.2) is 5.43 Å². The van der Waals surface area contributed by atoms with E-state index in [1.165, 1.54) is 11.1 Å². The van der Waals surface area contributed by atoms with E-state index in [-0.39, 0.29) is 5.91 Å². The average Bonchev–Trinajstić information content (AvgIpc) is 2.83. The Labute approximate surface area is 109 Å². The summed E-state index contributed by atoms with van der Waals surface area (Å²) < 4.78 is 0. The molecule has 0 unspecified atom stereocenters. The van der Waals surface area contributed by atoms with E-state index in [9.17, 15) is 4.79 Å². The molecule has 4 nitrogen and oxygen atoms in total. The molecular formula is C13H13N3OS. The Morgan fingerprint density at radius 1 is 1.39 bits per heavy atom. The quantitative estimate of drug-likeness (QED) is 0.680. The normalized spacial score (nSPS) is 11.3. The van der Waals surface area contributed by atoms with Gasteiger partial charge in [0, 0.05) is 17.3 Å². The first-order valence-electron chi connectivity index (χ1n) is 5.48. The molecule has 0 aliphatic rings. The number of hydrazone groups is 1. The summed E-state index contributed by atoms with van der Waals surface area (Å²) in [5.74, 6) is -0.254. The Kier molecular flexibility index (Phi) is 3.84. The predicted molar refractivity (Wildman–Crippen MR) is 73.0 cm³/mol. The molecular weight excluding hydrogens is 246 g/mol. The van der Waals surface area contributed by atoms with Crippen LogP contribution in [0, 0.1) is 6.92 Å². The van der Waals surface area contributed by atoms with Crippen LogP contribution >= 0.6 is 11.3 Å². The van der Waals surface area contributed by atoms with Crippen LogP contribution in [0.3, 0.4) is 0 Å². The van der Waals surface area contributed by atoms with Gasteiger partial charge in [-0.05, 0) is 38.1 Å². The summed E-state index contributed by atoms with van der Waals surface area (Å²) in [5.41, 5.74) is 3.82. The standard InChI is InChI=1S/C13H13N3OS/c1-9-5-6-12(18-9)10(2)15-16-13(17)11-4-3-7-14-8-11/h3-8H,1-2H3,(H,16,17)/b15-10-. The third kappa shape index (κ3) is 3.01. The van der Waals surface area contributed by atoms with Crippen molar-refractivity contribution in [3.63, 3.8) is 0 Å². The molecule has 0 fully saturated rings. The van der Waals surface area contributed by atoms with Gasteiger partial charge in [0.2, 0.25) is 0 Å². The van der Waals surface area contributed by atoms with Crippen LogP contribution in [-0.4, -0.2) is 16.6 Å². The van der Waals surface area contributed by atoms with E-state index in [0.29, 0.717) is 5.56 Å². The van der Waals surface area contributed by atoms with Gasteiger partial charge in [-0.15, -0.1) is 11.3 Å². The minimum Gasteiger partial charge on any atom is -0.267 e. The van der Waals surface area contributed by atoms with Crippen molar-refractivity contribution in [3.8, 4) is 0 Å². The molecule has 2 rings (SSSR count). The van der Waals surface area contributed by atoms with Gasteiger partial charge < -0.3 is 0 Å². The number of carbonyl (C=O) groups is 1. The maximum absolute atomic E-state index is 11.7. The van der Waals surface area contributed by atoms with Crippen LogP contribution in [0.25, 0.3) is 0 Å². The SMILES string of the molecule is C/C(=N/NC(=O)c1cccnc1)c1ccc(C)s1. The van der Waals surface area contributed by atoms with Crippen LogP contribution in [-0.2, 0) is 0 Å². The number of nitrogens with one attached hydrogen (secondary N) is 1. The number of rotatable bonds is 3. The molecule has 1 N–H and O–H groups in total. The van der Waals surface area contributed by atoms with Gasteiger partial charge in [0.05, 0.1) is 16.2 Å². The summed E-state index contributed by atoms with van der Waals surface area (Å²) in [6.07, 6.45) is 3.13. The third-order valence-corrected chi connectivity index (χ3v) is 3.46. The number of carbonyl (C=O) groups excluding carboxylic acids is 1. The molecule has 2 aromatic heterocycles. The highest BCUT2D eigenvalue weighted by Crippen LogP contribution is 2.15. The second kappa shape index (κ2) is 5.55. The average molecular weight is 259 g/mol. The molecule has 0 saturated carbocycles. The minimum absolute atomic E-state index is 0.254. The Morgan fingerprint density at radius 2 is 2.22 bits per heavy atom. The fourth-order valence-electron chi connectivity index (χ4n) is 1.38. The van der Waals surface area contributed by atoms with Gasteiger partial charge in [0.15, 0.2) is 0 Å². The van der Waals surface area contributed by atoms with Crippen molar-refractivity contribution in [3.05, 3.63) is 52.0 Å². The van der Waals surface area contributed by atoms with Gasteiger partial charge >= 0.3 is 0 Å². The fourth-order valence-corrected chi connectivity index (χ4v) is 2.19. The summed E-state index contributed by atoms with van der Waals surface area (Å²) in [6, 6.07) is 7.44. The van der Waals surface area contributed by atoms with Gasteiger partial charge in [-0.3, -0.25) is 9.78 Å². The molecule has 1 amide bonds. The predicted octanol–water partition coefficient (Wildman–Crippen LogP) is 2.61. The van der Waals surface area contributed by atoms with Crippen molar-refractivity contribution < 1.29 is 4.79 Å². The van der Waals surface area contributed by atoms with Gasteiger partial charge in [0.1, 0.15) is 0 Å². The molecule has 0 aliphatic carbocycles. The Hall–Kier alpha value is -2.01. The van der Waals surface area contributed by atoms with Crippen molar-refractivity contribution in [2.75, 3.05) is 0 Å². The van der Waals surface area contributed by atoms with Crippen molar-refractivity contribution in [1.29, 1.82) is 0 Å². The van der Waals surface area contributed by atoms with E-state index in [1.54, 1.807) is 29.7 Å². The second-order valence-corrected chi connectivity index (χ2v) is 5.08. The monoisotopic (exact) mass is 259 g/mol. The highest BCUT2D eigenvalue weighted by molar-refractivity contribution is 7.14. The van der Waals surface area contributed by atoms with Gasteiger partial charge in [-0.1, -0.05) is 0 Å². The van der Waals surface area contributed by atoms with Crippen molar-refractivity contribution in [2.45, 2.75) is 13.8 Å². The molecule has 0 saturated heterocycles. The molecule has 0 bridgehead atoms. The van der Waals surface area contributed by atoms with Crippen LogP contribution in [0.15, 0.2) is 41.8 Å². The van der Waals surface area contributed by atoms with Crippen molar-refractivity contribution in [2.24, 2.45) is 5.10 Å². The molecule has 0 atom stereocenters. The molecule has 0 aromatic carbocycles. The van der Waals surface area contributed by atoms with E-state index < -0.39 is 0 Å². The lowest BCUT2D eigenvalue weighted by Gasteiger charge is -2.00. The van der Waals surface area contributed by atoms with Crippen LogP contribution in [0.5, 0.6) is 0 Å². The zero-order valence-electron chi connectivity index (χ0n) is 10.2. The van der Waals surface area contributed by atoms with Gasteiger partial charge in [-0.2, -0.15) is 5.10 Å². The zero-order chi connectivity index (χ0) is 13.0. The highest BCUT2D eigenvalue weighted by Gasteiger charge is 2.05. The Morgan fingerprint density at radius 3 is 2.83 bits per heavy atom. The number of thiophene rings is 1. The summed E-state index contributed by atoms with van der Waals surface area (Å²) in [4.78, 5) is 17.9. The molecule has 92 valence electrons. The lowest BCUT2D eigenvalue weighted by molar-refractivity contribution is 0.0954.